The van der Waals surface area contributed by atoms with Gasteiger partial charge in [0.05, 0.1) is 0 Å². The number of amides is 1. The molecule has 0 radical (unpaired) electrons. The van der Waals surface area contributed by atoms with E-state index < -0.39 is 0 Å². The molecule has 1 aromatic carbocycles. The van der Waals surface area contributed by atoms with Crippen molar-refractivity contribution < 1.29 is 4.79 Å². The lowest BCUT2D eigenvalue weighted by Crippen LogP contribution is -2.32. The molecule has 6 N–H and O–H groups in total. The van der Waals surface area contributed by atoms with Crippen molar-refractivity contribution in [3.63, 3.8) is 0 Å². The Morgan fingerprint density at radius 1 is 1.27 bits per heavy atom. The molecule has 176 valence electrons. The number of nitrogens with one attached hydrogen (secondary N) is 2. The Labute approximate surface area is 199 Å². The van der Waals surface area contributed by atoms with Gasteiger partial charge in [0.15, 0.2) is 11.0 Å². The minimum atomic E-state index is -0.0187. The highest BCUT2D eigenvalue weighted by Gasteiger charge is 2.23. The molecular formula is C23H32N8OS. The maximum atomic E-state index is 11.6. The van der Waals surface area contributed by atoms with Crippen molar-refractivity contribution in [1.82, 2.24) is 15.3 Å². The first-order chi connectivity index (χ1) is 15.9. The Hall–Kier alpha value is -3.11. The summed E-state index contributed by atoms with van der Waals surface area (Å²) >= 11 is 1.43. The van der Waals surface area contributed by atoms with Crippen LogP contribution in [0, 0.1) is 0 Å². The van der Waals surface area contributed by atoms with Gasteiger partial charge in [-0.3, -0.25) is 4.79 Å². The van der Waals surface area contributed by atoms with Crippen LogP contribution in [0.15, 0.2) is 57.1 Å². The largest absolute Gasteiger partial charge is 0.402 e. The molecule has 1 amide bonds. The fourth-order valence-corrected chi connectivity index (χ4v) is 4.21. The summed E-state index contributed by atoms with van der Waals surface area (Å²) in [7, 11) is 0. The quantitative estimate of drug-likeness (QED) is 0.251. The van der Waals surface area contributed by atoms with Crippen molar-refractivity contribution in [3.8, 4) is 0 Å². The molecule has 1 aliphatic rings. The van der Waals surface area contributed by atoms with E-state index in [4.69, 9.17) is 16.5 Å². The van der Waals surface area contributed by atoms with Crippen LogP contribution in [0.1, 0.15) is 33.6 Å². The van der Waals surface area contributed by atoms with Crippen LogP contribution in [0.2, 0.25) is 0 Å². The van der Waals surface area contributed by atoms with Gasteiger partial charge < -0.3 is 27.0 Å². The first kappa shape index (κ1) is 24.5. The molecule has 9 nitrogen and oxygen atoms in total. The molecular weight excluding hydrogens is 436 g/mol. The van der Waals surface area contributed by atoms with Gasteiger partial charge in [0, 0.05) is 47.9 Å². The van der Waals surface area contributed by atoms with E-state index in [0.29, 0.717) is 35.0 Å². The Bertz CT molecular complexity index is 1020. The number of amidine groups is 1. The SMILES string of the molecule is CCN[C@H]1CCN(c2cc(/N=C(N)/C=C(/C)N)nc(Sc3ccc(NC(=O)CC)cc3)n2)C1. The molecule has 2 aromatic rings. The second-order valence-electron chi connectivity index (χ2n) is 7.81. The summed E-state index contributed by atoms with van der Waals surface area (Å²) in [6.45, 7) is 8.42. The zero-order valence-electron chi connectivity index (χ0n) is 19.3. The van der Waals surface area contributed by atoms with Crippen LogP contribution >= 0.6 is 11.8 Å². The first-order valence-corrected chi connectivity index (χ1v) is 11.9. The van der Waals surface area contributed by atoms with Crippen LogP contribution in [0.25, 0.3) is 0 Å². The smallest absolute Gasteiger partial charge is 0.224 e. The zero-order chi connectivity index (χ0) is 23.8. The second kappa shape index (κ2) is 11.7. The van der Waals surface area contributed by atoms with E-state index in [1.165, 1.54) is 11.8 Å². The average molecular weight is 469 g/mol. The van der Waals surface area contributed by atoms with Crippen molar-refractivity contribution in [2.24, 2.45) is 16.5 Å². The lowest BCUT2D eigenvalue weighted by molar-refractivity contribution is -0.115. The summed E-state index contributed by atoms with van der Waals surface area (Å²) in [5.74, 6) is 1.57. The van der Waals surface area contributed by atoms with E-state index >= 15 is 0 Å². The number of carbonyl (C=O) groups is 1. The van der Waals surface area contributed by atoms with E-state index in [9.17, 15) is 4.79 Å². The fraction of sp³-hybridized carbons (Fsp3) is 0.391. The number of likely N-dealkylation sites (N-methyl/N-ethyl adjacent to an activating group) is 1. The van der Waals surface area contributed by atoms with Gasteiger partial charge in [-0.2, -0.15) is 0 Å². The molecule has 1 aliphatic heterocycles. The van der Waals surface area contributed by atoms with Gasteiger partial charge in [-0.15, -0.1) is 0 Å². The predicted octanol–water partition coefficient (Wildman–Crippen LogP) is 3.02. The predicted molar refractivity (Wildman–Crippen MR) is 135 cm³/mol. The van der Waals surface area contributed by atoms with Gasteiger partial charge in [0.1, 0.15) is 11.7 Å². The standard InChI is InChI=1S/C23H32N8OS/c1-4-22(32)27-16-6-8-18(9-7-16)33-23-29-20(28-19(25)12-15(3)24)13-21(30-23)31-11-10-17(14-31)26-5-2/h6-9,12-13,17,26H,4-5,10-11,14,24H2,1-3H3,(H,27,32)(H2,25,28,29,30)/b15-12-/t17-/m0/s1. The Balaban J connectivity index is 1.86. The summed E-state index contributed by atoms with van der Waals surface area (Å²) < 4.78 is 0. The van der Waals surface area contributed by atoms with E-state index in [-0.39, 0.29) is 5.91 Å². The summed E-state index contributed by atoms with van der Waals surface area (Å²) in [4.78, 5) is 28.6. The molecule has 0 unspecified atom stereocenters. The molecule has 1 saturated heterocycles. The number of anilines is 2. The van der Waals surface area contributed by atoms with E-state index in [2.05, 4.69) is 32.4 Å². The number of nitrogens with zero attached hydrogens (tertiary/aromatic N) is 4. The molecule has 3 rings (SSSR count). The number of allylic oxidation sites excluding steroid dienone is 1. The van der Waals surface area contributed by atoms with Crippen molar-refractivity contribution in [1.29, 1.82) is 0 Å². The lowest BCUT2D eigenvalue weighted by Gasteiger charge is -2.18. The molecule has 2 heterocycles. The number of benzene rings is 1. The number of carbonyl (C=O) groups excluding carboxylic acids is 1. The van der Waals surface area contributed by atoms with Gasteiger partial charge in [-0.25, -0.2) is 15.0 Å². The molecule has 1 fully saturated rings. The number of rotatable bonds is 9. The number of hydrogen-bond donors (Lipinski definition) is 4. The molecule has 0 spiro atoms. The van der Waals surface area contributed by atoms with Gasteiger partial charge in [-0.05, 0) is 62.0 Å². The van der Waals surface area contributed by atoms with Gasteiger partial charge in [-0.1, -0.05) is 13.8 Å². The van der Waals surface area contributed by atoms with Crippen LogP contribution in [-0.4, -0.2) is 47.4 Å². The molecule has 10 heteroatoms. The van der Waals surface area contributed by atoms with Crippen molar-refractivity contribution >= 4 is 40.8 Å². The van der Waals surface area contributed by atoms with E-state index in [1.54, 1.807) is 13.0 Å². The molecule has 0 aliphatic carbocycles. The normalized spacial score (nSPS) is 16.8. The third-order valence-corrected chi connectivity index (χ3v) is 5.84. The summed E-state index contributed by atoms with van der Waals surface area (Å²) in [5, 5.41) is 6.92. The third kappa shape index (κ3) is 7.47. The van der Waals surface area contributed by atoms with Crippen LogP contribution in [-0.2, 0) is 4.79 Å². The zero-order valence-corrected chi connectivity index (χ0v) is 20.2. The molecule has 1 atom stereocenters. The second-order valence-corrected chi connectivity index (χ2v) is 8.85. The van der Waals surface area contributed by atoms with E-state index in [0.717, 1.165) is 42.5 Å². The molecule has 0 saturated carbocycles. The summed E-state index contributed by atoms with van der Waals surface area (Å²) in [5.41, 5.74) is 13.1. The van der Waals surface area contributed by atoms with Gasteiger partial charge in [0.25, 0.3) is 0 Å². The first-order valence-electron chi connectivity index (χ1n) is 11.1. The molecule has 1 aromatic heterocycles. The Morgan fingerprint density at radius 3 is 2.70 bits per heavy atom. The highest BCUT2D eigenvalue weighted by atomic mass is 32.2. The minimum absolute atomic E-state index is 0.0187. The van der Waals surface area contributed by atoms with Crippen molar-refractivity contribution in [2.75, 3.05) is 29.9 Å². The third-order valence-electron chi connectivity index (χ3n) is 4.97. The van der Waals surface area contributed by atoms with Crippen molar-refractivity contribution in [3.05, 3.63) is 42.1 Å². The highest BCUT2D eigenvalue weighted by Crippen LogP contribution is 2.30. The maximum absolute atomic E-state index is 11.6. The van der Waals surface area contributed by atoms with Crippen LogP contribution in [0.4, 0.5) is 17.3 Å². The number of aromatic nitrogens is 2. The van der Waals surface area contributed by atoms with Gasteiger partial charge in [0.2, 0.25) is 5.91 Å². The van der Waals surface area contributed by atoms with Crippen LogP contribution in [0.3, 0.4) is 0 Å². The monoisotopic (exact) mass is 468 g/mol. The van der Waals surface area contributed by atoms with Crippen LogP contribution in [0.5, 0.6) is 0 Å². The maximum Gasteiger partial charge on any atom is 0.224 e. The van der Waals surface area contributed by atoms with E-state index in [1.807, 2.05) is 37.3 Å². The highest BCUT2D eigenvalue weighted by molar-refractivity contribution is 7.99. The minimum Gasteiger partial charge on any atom is -0.402 e. The summed E-state index contributed by atoms with van der Waals surface area (Å²) in [6, 6.07) is 9.89. The molecule has 0 bridgehead atoms. The number of aliphatic imine (C=N–C) groups is 1. The lowest BCUT2D eigenvalue weighted by atomic mass is 10.3. The van der Waals surface area contributed by atoms with Gasteiger partial charge >= 0.3 is 0 Å². The number of nitrogens with two attached hydrogens (primary N) is 2. The van der Waals surface area contributed by atoms with Crippen LogP contribution < -0.4 is 27.0 Å². The Kier molecular flexibility index (Phi) is 8.67. The van der Waals surface area contributed by atoms with Crippen molar-refractivity contribution in [2.45, 2.75) is 49.7 Å². The number of hydrogen-bond acceptors (Lipinski definition) is 8. The Morgan fingerprint density at radius 2 is 2.03 bits per heavy atom. The molecule has 33 heavy (non-hydrogen) atoms. The summed E-state index contributed by atoms with van der Waals surface area (Å²) in [6.07, 6.45) is 3.10. The fourth-order valence-electron chi connectivity index (χ4n) is 3.45. The average Bonchev–Trinajstić information content (AvgIpc) is 3.23. The topological polar surface area (TPSA) is 135 Å².